The summed E-state index contributed by atoms with van der Waals surface area (Å²) in [6.07, 6.45) is 1.61. The molecule has 0 aromatic carbocycles. The van der Waals surface area contributed by atoms with Crippen molar-refractivity contribution in [2.24, 2.45) is 0 Å². The fourth-order valence-electron chi connectivity index (χ4n) is 2.12. The Bertz CT molecular complexity index is 462. The molecule has 1 aromatic rings. The van der Waals surface area contributed by atoms with Crippen molar-refractivity contribution in [3.05, 3.63) is 17.5 Å². The molecule has 2 heterocycles. The number of aromatic nitrogens is 2. The first-order valence-corrected chi connectivity index (χ1v) is 6.57. The molecule has 2 rings (SSSR count). The summed E-state index contributed by atoms with van der Waals surface area (Å²) in [5.74, 6) is 0. The number of hydrogen-bond donors (Lipinski definition) is 1. The Balaban J connectivity index is 2.08. The molecule has 6 nitrogen and oxygen atoms in total. The van der Waals surface area contributed by atoms with E-state index < -0.39 is 5.60 Å². The second-order valence-electron chi connectivity index (χ2n) is 5.77. The van der Waals surface area contributed by atoms with Crippen molar-refractivity contribution in [3.63, 3.8) is 0 Å². The second-order valence-corrected chi connectivity index (χ2v) is 5.77. The normalized spacial score (nSPS) is 15.3. The van der Waals surface area contributed by atoms with Gasteiger partial charge in [-0.15, -0.1) is 0 Å². The number of ether oxygens (including phenoxy) is 1. The molecule has 19 heavy (non-hydrogen) atoms. The minimum atomic E-state index is -0.456. The molecule has 1 amide bonds. The number of carbonyl (C=O) groups excluding carboxylic acids is 1. The molecule has 0 bridgehead atoms. The molecule has 0 atom stereocenters. The number of nitrogens with one attached hydrogen (secondary N) is 1. The lowest BCUT2D eigenvalue weighted by molar-refractivity contribution is 0.0193. The van der Waals surface area contributed by atoms with Crippen LogP contribution in [0.15, 0.2) is 6.20 Å². The first-order chi connectivity index (χ1) is 8.90. The van der Waals surface area contributed by atoms with Crippen LogP contribution >= 0.6 is 0 Å². The quantitative estimate of drug-likeness (QED) is 0.878. The van der Waals surface area contributed by atoms with E-state index in [9.17, 15) is 4.79 Å². The van der Waals surface area contributed by atoms with Gasteiger partial charge in [0, 0.05) is 18.7 Å². The molecule has 0 saturated carbocycles. The number of hydrogen-bond acceptors (Lipinski definition) is 4. The lowest BCUT2D eigenvalue weighted by Gasteiger charge is -2.30. The molecular formula is C13H22N4O2. The fourth-order valence-corrected chi connectivity index (χ4v) is 2.12. The van der Waals surface area contributed by atoms with Crippen LogP contribution in [0.1, 0.15) is 32.0 Å². The SMILES string of the molecule is CNCc1cnn2c1CN(C(=O)OC(C)(C)C)CC2. The van der Waals surface area contributed by atoms with Crippen molar-refractivity contribution in [2.75, 3.05) is 13.6 Å². The first kappa shape index (κ1) is 13.9. The van der Waals surface area contributed by atoms with Crippen LogP contribution in [0.2, 0.25) is 0 Å². The molecule has 0 aliphatic carbocycles. The van der Waals surface area contributed by atoms with Gasteiger partial charge in [0.15, 0.2) is 0 Å². The highest BCUT2D eigenvalue weighted by Gasteiger charge is 2.27. The van der Waals surface area contributed by atoms with Gasteiger partial charge in [0.25, 0.3) is 0 Å². The highest BCUT2D eigenvalue weighted by molar-refractivity contribution is 5.68. The maximum absolute atomic E-state index is 12.1. The maximum atomic E-state index is 12.1. The van der Waals surface area contributed by atoms with Gasteiger partial charge in [0.05, 0.1) is 25.0 Å². The van der Waals surface area contributed by atoms with Gasteiger partial charge in [-0.2, -0.15) is 5.10 Å². The molecular weight excluding hydrogens is 244 g/mol. The average molecular weight is 266 g/mol. The van der Waals surface area contributed by atoms with Gasteiger partial charge in [-0.25, -0.2) is 4.79 Å². The lowest BCUT2D eigenvalue weighted by atomic mass is 10.2. The Kier molecular flexibility index (Phi) is 3.80. The highest BCUT2D eigenvalue weighted by Crippen LogP contribution is 2.19. The number of carbonyl (C=O) groups is 1. The molecule has 1 aliphatic rings. The van der Waals surface area contributed by atoms with Crippen LogP contribution in [0.25, 0.3) is 0 Å². The topological polar surface area (TPSA) is 59.4 Å². The summed E-state index contributed by atoms with van der Waals surface area (Å²) in [7, 11) is 1.90. The summed E-state index contributed by atoms with van der Waals surface area (Å²) in [5, 5.41) is 7.46. The molecule has 106 valence electrons. The van der Waals surface area contributed by atoms with Crippen molar-refractivity contribution in [1.82, 2.24) is 20.0 Å². The largest absolute Gasteiger partial charge is 0.444 e. The number of amides is 1. The van der Waals surface area contributed by atoms with E-state index in [-0.39, 0.29) is 6.09 Å². The third-order valence-electron chi connectivity index (χ3n) is 2.98. The molecule has 0 saturated heterocycles. The Labute approximate surface area is 113 Å². The zero-order valence-electron chi connectivity index (χ0n) is 12.1. The van der Waals surface area contributed by atoms with Crippen molar-refractivity contribution in [2.45, 2.75) is 46.0 Å². The molecule has 1 N–H and O–H groups in total. The zero-order chi connectivity index (χ0) is 14.0. The average Bonchev–Trinajstić information content (AvgIpc) is 2.70. The second kappa shape index (κ2) is 5.21. The number of fused-ring (bicyclic) bond motifs is 1. The van der Waals surface area contributed by atoms with Gasteiger partial charge in [-0.1, -0.05) is 0 Å². The smallest absolute Gasteiger partial charge is 0.410 e. The van der Waals surface area contributed by atoms with Crippen LogP contribution in [-0.2, 0) is 24.4 Å². The third kappa shape index (κ3) is 3.26. The standard InChI is InChI=1S/C13H22N4O2/c1-13(2,3)19-12(18)16-5-6-17-11(9-16)10(7-14-4)8-15-17/h8,14H,5-7,9H2,1-4H3. The van der Waals surface area contributed by atoms with Crippen LogP contribution in [0.3, 0.4) is 0 Å². The van der Waals surface area contributed by atoms with Crippen LogP contribution in [0, 0.1) is 0 Å². The Morgan fingerprint density at radius 1 is 1.47 bits per heavy atom. The number of nitrogens with zero attached hydrogens (tertiary/aromatic N) is 3. The van der Waals surface area contributed by atoms with E-state index >= 15 is 0 Å². The molecule has 0 spiro atoms. The Morgan fingerprint density at radius 2 is 2.21 bits per heavy atom. The van der Waals surface area contributed by atoms with Crippen molar-refractivity contribution >= 4 is 6.09 Å². The maximum Gasteiger partial charge on any atom is 0.410 e. The molecule has 1 aliphatic heterocycles. The lowest BCUT2D eigenvalue weighted by Crippen LogP contribution is -2.41. The van der Waals surface area contributed by atoms with E-state index in [4.69, 9.17) is 4.74 Å². The summed E-state index contributed by atoms with van der Waals surface area (Å²) in [6.45, 7) is 8.33. The van der Waals surface area contributed by atoms with E-state index in [1.165, 1.54) is 0 Å². The molecule has 6 heteroatoms. The van der Waals surface area contributed by atoms with E-state index in [0.29, 0.717) is 13.1 Å². The molecule has 0 unspecified atom stereocenters. The minimum Gasteiger partial charge on any atom is -0.444 e. The first-order valence-electron chi connectivity index (χ1n) is 6.57. The van der Waals surface area contributed by atoms with E-state index in [1.54, 1.807) is 4.90 Å². The van der Waals surface area contributed by atoms with E-state index in [0.717, 1.165) is 24.3 Å². The predicted octanol–water partition coefficient (Wildman–Crippen LogP) is 1.35. The zero-order valence-corrected chi connectivity index (χ0v) is 12.1. The summed E-state index contributed by atoms with van der Waals surface area (Å²) in [5.41, 5.74) is 1.77. The van der Waals surface area contributed by atoms with Crippen LogP contribution in [-0.4, -0.2) is 40.0 Å². The van der Waals surface area contributed by atoms with Gasteiger partial charge >= 0.3 is 6.09 Å². The Morgan fingerprint density at radius 3 is 2.84 bits per heavy atom. The summed E-state index contributed by atoms with van der Waals surface area (Å²) < 4.78 is 7.38. The minimum absolute atomic E-state index is 0.254. The number of rotatable bonds is 2. The van der Waals surface area contributed by atoms with Gasteiger partial charge in [-0.05, 0) is 27.8 Å². The van der Waals surface area contributed by atoms with Crippen molar-refractivity contribution in [3.8, 4) is 0 Å². The van der Waals surface area contributed by atoms with Gasteiger partial charge in [-0.3, -0.25) is 4.68 Å². The molecule has 1 aromatic heterocycles. The van der Waals surface area contributed by atoms with E-state index in [2.05, 4.69) is 10.4 Å². The Hall–Kier alpha value is -1.56. The van der Waals surface area contributed by atoms with Crippen LogP contribution < -0.4 is 5.32 Å². The third-order valence-corrected chi connectivity index (χ3v) is 2.98. The van der Waals surface area contributed by atoms with Crippen molar-refractivity contribution in [1.29, 1.82) is 0 Å². The van der Waals surface area contributed by atoms with Crippen molar-refractivity contribution < 1.29 is 9.53 Å². The fraction of sp³-hybridized carbons (Fsp3) is 0.692. The van der Waals surface area contributed by atoms with Crippen LogP contribution in [0.4, 0.5) is 4.79 Å². The predicted molar refractivity (Wildman–Crippen MR) is 71.6 cm³/mol. The summed E-state index contributed by atoms with van der Waals surface area (Å²) >= 11 is 0. The molecule has 0 radical (unpaired) electrons. The monoisotopic (exact) mass is 266 g/mol. The summed E-state index contributed by atoms with van der Waals surface area (Å²) in [6, 6.07) is 0. The van der Waals surface area contributed by atoms with Gasteiger partial charge in [0.1, 0.15) is 5.60 Å². The van der Waals surface area contributed by atoms with Gasteiger partial charge in [0.2, 0.25) is 0 Å². The van der Waals surface area contributed by atoms with Crippen LogP contribution in [0.5, 0.6) is 0 Å². The molecule has 0 fully saturated rings. The van der Waals surface area contributed by atoms with Gasteiger partial charge < -0.3 is 15.0 Å². The highest BCUT2D eigenvalue weighted by atomic mass is 16.6. The summed E-state index contributed by atoms with van der Waals surface area (Å²) in [4.78, 5) is 13.8. The van der Waals surface area contributed by atoms with E-state index in [1.807, 2.05) is 38.7 Å².